The van der Waals surface area contributed by atoms with Crippen molar-refractivity contribution in [3.05, 3.63) is 29.3 Å². The molecule has 0 aliphatic rings. The normalized spacial score (nSPS) is 11.2. The number of urea groups is 1. The van der Waals surface area contributed by atoms with Gasteiger partial charge >= 0.3 is 6.03 Å². The summed E-state index contributed by atoms with van der Waals surface area (Å²) >= 11 is 0. The van der Waals surface area contributed by atoms with Gasteiger partial charge in [-0.25, -0.2) is 10.2 Å². The maximum atomic E-state index is 10.6. The Kier molecular flexibility index (Phi) is 5.13. The van der Waals surface area contributed by atoms with Gasteiger partial charge in [-0.05, 0) is 30.7 Å². The molecule has 0 aliphatic carbocycles. The van der Waals surface area contributed by atoms with Gasteiger partial charge in [-0.2, -0.15) is 5.10 Å². The molecule has 1 aromatic carbocycles. The molecule has 0 heterocycles. The van der Waals surface area contributed by atoms with Crippen molar-refractivity contribution >= 4 is 11.7 Å². The molecule has 0 bridgehead atoms. The van der Waals surface area contributed by atoms with E-state index in [-0.39, 0.29) is 0 Å². The van der Waals surface area contributed by atoms with Gasteiger partial charge in [0.15, 0.2) is 0 Å². The molecule has 0 spiro atoms. The van der Waals surface area contributed by atoms with Crippen LogP contribution in [0.1, 0.15) is 18.1 Å². The summed E-state index contributed by atoms with van der Waals surface area (Å²) in [4.78, 5) is 10.6. The number of carbonyl (C=O) groups excluding carboxylic acids is 1. The van der Waals surface area contributed by atoms with Crippen molar-refractivity contribution in [3.8, 4) is 5.75 Å². The van der Waals surface area contributed by atoms with E-state index in [1.807, 2.05) is 18.2 Å². The van der Waals surface area contributed by atoms with Crippen LogP contribution in [-0.2, 0) is 11.3 Å². The average molecular weight is 251 g/mol. The van der Waals surface area contributed by atoms with E-state index < -0.39 is 6.03 Å². The van der Waals surface area contributed by atoms with Crippen LogP contribution in [0, 0.1) is 0 Å². The lowest BCUT2D eigenvalue weighted by atomic mass is 10.1. The van der Waals surface area contributed by atoms with E-state index in [9.17, 15) is 4.79 Å². The minimum absolute atomic E-state index is 0.438. The van der Waals surface area contributed by atoms with Crippen LogP contribution in [0.2, 0.25) is 0 Å². The summed E-state index contributed by atoms with van der Waals surface area (Å²) in [5.41, 5.74) is 9.55. The highest BCUT2D eigenvalue weighted by Gasteiger charge is 2.06. The first-order valence-electron chi connectivity index (χ1n) is 5.34. The molecular weight excluding hydrogens is 234 g/mol. The maximum absolute atomic E-state index is 10.6. The van der Waals surface area contributed by atoms with E-state index in [1.54, 1.807) is 21.1 Å². The molecule has 98 valence electrons. The first-order chi connectivity index (χ1) is 8.58. The molecule has 0 aliphatic heterocycles. The monoisotopic (exact) mass is 251 g/mol. The second-order valence-electron chi connectivity index (χ2n) is 3.63. The highest BCUT2D eigenvalue weighted by Crippen LogP contribution is 2.21. The molecule has 0 aromatic heterocycles. The predicted octanol–water partition coefficient (Wildman–Crippen LogP) is 1.23. The van der Waals surface area contributed by atoms with Gasteiger partial charge in [-0.1, -0.05) is 0 Å². The molecule has 1 rings (SSSR count). The van der Waals surface area contributed by atoms with Crippen molar-refractivity contribution in [1.82, 2.24) is 5.43 Å². The molecule has 1 aromatic rings. The lowest BCUT2D eigenvalue weighted by Gasteiger charge is -2.10. The minimum Gasteiger partial charge on any atom is -0.496 e. The van der Waals surface area contributed by atoms with Crippen molar-refractivity contribution in [2.45, 2.75) is 13.5 Å². The number of methoxy groups -OCH3 is 2. The van der Waals surface area contributed by atoms with E-state index in [0.717, 1.165) is 16.9 Å². The van der Waals surface area contributed by atoms with Crippen LogP contribution < -0.4 is 15.9 Å². The second-order valence-corrected chi connectivity index (χ2v) is 3.63. The van der Waals surface area contributed by atoms with E-state index in [4.69, 9.17) is 15.2 Å². The number of rotatable bonds is 5. The Bertz CT molecular complexity index is 458. The van der Waals surface area contributed by atoms with Gasteiger partial charge in [-0.3, -0.25) is 0 Å². The number of carbonyl (C=O) groups is 1. The Balaban J connectivity index is 2.99. The number of nitrogens with zero attached hydrogens (tertiary/aromatic N) is 1. The average Bonchev–Trinajstić information content (AvgIpc) is 2.36. The van der Waals surface area contributed by atoms with E-state index in [2.05, 4.69) is 10.5 Å². The zero-order chi connectivity index (χ0) is 13.5. The van der Waals surface area contributed by atoms with Crippen LogP contribution in [0.25, 0.3) is 0 Å². The number of primary amides is 1. The Hall–Kier alpha value is -2.08. The number of hydrogen-bond acceptors (Lipinski definition) is 4. The lowest BCUT2D eigenvalue weighted by Crippen LogP contribution is -2.25. The zero-order valence-corrected chi connectivity index (χ0v) is 10.7. The van der Waals surface area contributed by atoms with E-state index in [0.29, 0.717) is 12.3 Å². The fraction of sp³-hybridized carbons (Fsp3) is 0.333. The third-order valence-electron chi connectivity index (χ3n) is 2.33. The summed E-state index contributed by atoms with van der Waals surface area (Å²) in [6, 6.07) is 4.87. The summed E-state index contributed by atoms with van der Waals surface area (Å²) in [5, 5.41) is 3.86. The Morgan fingerprint density at radius 3 is 2.72 bits per heavy atom. The molecule has 0 saturated heterocycles. The van der Waals surface area contributed by atoms with Crippen LogP contribution in [0.15, 0.2) is 23.3 Å². The molecule has 6 nitrogen and oxygen atoms in total. The van der Waals surface area contributed by atoms with Crippen LogP contribution in [0.4, 0.5) is 4.79 Å². The van der Waals surface area contributed by atoms with Gasteiger partial charge in [0.25, 0.3) is 0 Å². The largest absolute Gasteiger partial charge is 0.496 e. The van der Waals surface area contributed by atoms with Crippen molar-refractivity contribution in [2.24, 2.45) is 10.8 Å². The summed E-state index contributed by atoms with van der Waals surface area (Å²) < 4.78 is 10.3. The van der Waals surface area contributed by atoms with Crippen molar-refractivity contribution < 1.29 is 14.3 Å². The highest BCUT2D eigenvalue weighted by atomic mass is 16.5. The maximum Gasteiger partial charge on any atom is 0.332 e. The molecule has 6 heteroatoms. The van der Waals surface area contributed by atoms with Gasteiger partial charge in [0.1, 0.15) is 5.75 Å². The molecule has 0 unspecified atom stereocenters. The van der Waals surface area contributed by atoms with Gasteiger partial charge < -0.3 is 15.2 Å². The summed E-state index contributed by atoms with van der Waals surface area (Å²) in [5.74, 6) is 0.747. The first-order valence-corrected chi connectivity index (χ1v) is 5.34. The van der Waals surface area contributed by atoms with Crippen LogP contribution >= 0.6 is 0 Å². The van der Waals surface area contributed by atoms with Crippen LogP contribution in [-0.4, -0.2) is 26.0 Å². The summed E-state index contributed by atoms with van der Waals surface area (Å²) in [6.07, 6.45) is 0. The minimum atomic E-state index is -0.694. The SMILES string of the molecule is COCc1cc(/C(C)=N\NC(N)=O)ccc1OC. The van der Waals surface area contributed by atoms with Crippen LogP contribution in [0.5, 0.6) is 5.75 Å². The summed E-state index contributed by atoms with van der Waals surface area (Å²) in [7, 11) is 3.21. The third-order valence-corrected chi connectivity index (χ3v) is 2.33. The fourth-order valence-electron chi connectivity index (χ4n) is 1.48. The number of nitrogens with two attached hydrogens (primary N) is 1. The predicted molar refractivity (Wildman–Crippen MR) is 68.6 cm³/mol. The van der Waals surface area contributed by atoms with Crippen LogP contribution in [0.3, 0.4) is 0 Å². The van der Waals surface area contributed by atoms with Crippen molar-refractivity contribution in [3.63, 3.8) is 0 Å². The summed E-state index contributed by atoms with van der Waals surface area (Å²) in [6.45, 7) is 2.21. The third kappa shape index (κ3) is 3.74. The fourth-order valence-corrected chi connectivity index (χ4v) is 1.48. The standard InChI is InChI=1S/C12H17N3O3/c1-8(14-15-12(13)16)9-4-5-11(18-3)10(6-9)7-17-2/h4-6H,7H2,1-3H3,(H3,13,15,16)/b14-8-. The van der Waals surface area contributed by atoms with Gasteiger partial charge in [0.2, 0.25) is 0 Å². The molecule has 2 amide bonds. The Morgan fingerprint density at radius 1 is 1.44 bits per heavy atom. The number of benzene rings is 1. The van der Waals surface area contributed by atoms with Crippen molar-refractivity contribution in [2.75, 3.05) is 14.2 Å². The molecule has 0 fully saturated rings. The first kappa shape index (κ1) is 14.0. The second kappa shape index (κ2) is 6.61. The topological polar surface area (TPSA) is 85.9 Å². The molecule has 0 atom stereocenters. The number of amides is 2. The van der Waals surface area contributed by atoms with E-state index >= 15 is 0 Å². The van der Waals surface area contributed by atoms with E-state index in [1.165, 1.54) is 0 Å². The molecule has 0 saturated carbocycles. The Labute approximate surface area is 106 Å². The molecular formula is C12H17N3O3. The number of hydrazone groups is 1. The van der Waals surface area contributed by atoms with Gasteiger partial charge in [0, 0.05) is 12.7 Å². The van der Waals surface area contributed by atoms with Gasteiger partial charge in [0.05, 0.1) is 19.4 Å². The number of ether oxygens (including phenoxy) is 2. The smallest absolute Gasteiger partial charge is 0.332 e. The quantitative estimate of drug-likeness (QED) is 0.609. The molecule has 3 N–H and O–H groups in total. The number of hydrogen-bond donors (Lipinski definition) is 2. The zero-order valence-electron chi connectivity index (χ0n) is 10.7. The van der Waals surface area contributed by atoms with Gasteiger partial charge in [-0.15, -0.1) is 0 Å². The molecule has 0 radical (unpaired) electrons. The highest BCUT2D eigenvalue weighted by molar-refractivity contribution is 5.99. The lowest BCUT2D eigenvalue weighted by molar-refractivity contribution is 0.181. The molecule has 18 heavy (non-hydrogen) atoms. The Morgan fingerprint density at radius 2 is 2.17 bits per heavy atom. The number of nitrogens with one attached hydrogen (secondary N) is 1. The van der Waals surface area contributed by atoms with Crippen molar-refractivity contribution in [1.29, 1.82) is 0 Å².